The minimum Gasteiger partial charge on any atom is -0.0311 e. The Morgan fingerprint density at radius 1 is 0.689 bits per heavy atom. The van der Waals surface area contributed by atoms with Gasteiger partial charge in [0.2, 0.25) is 0 Å². The fraction of sp³-hybridized carbons (Fsp3) is 0.0769. The van der Waals surface area contributed by atoms with E-state index in [1.54, 1.807) is 11.3 Å². The average Bonchev–Trinajstić information content (AvgIpc) is 3.54. The number of anilines is 1. The Hall–Kier alpha value is -4.83. The maximum absolute atomic E-state index is 13.5. The van der Waals surface area contributed by atoms with Crippen molar-refractivity contribution in [3.8, 4) is 10.6 Å². The molecule has 0 aliphatic carbocycles. The van der Waals surface area contributed by atoms with Crippen LogP contribution >= 0.6 is 18.6 Å². The van der Waals surface area contributed by atoms with E-state index in [4.69, 9.17) is 4.98 Å². The summed E-state index contributed by atoms with van der Waals surface area (Å²) >= 11 is 1.62. The van der Waals surface area contributed by atoms with E-state index < -0.39 is 7.26 Å². The van der Waals surface area contributed by atoms with Gasteiger partial charge in [-0.15, -0.1) is 0 Å². The van der Waals surface area contributed by atoms with Gasteiger partial charge in [-0.3, -0.25) is 0 Å². The number of fused-ring (bicyclic) bond motifs is 2. The molecule has 0 aliphatic heterocycles. The van der Waals surface area contributed by atoms with Gasteiger partial charge in [-0.2, -0.15) is 0 Å². The molecule has 0 bridgehead atoms. The summed E-state index contributed by atoms with van der Waals surface area (Å²) in [7, 11) is -0.490. The second-order valence-corrected chi connectivity index (χ2v) is 16.3. The first-order valence-electron chi connectivity index (χ1n) is 15.2. The van der Waals surface area contributed by atoms with E-state index in [0.29, 0.717) is 12.1 Å². The van der Waals surface area contributed by atoms with Gasteiger partial charge in [0.15, 0.2) is 0 Å². The third-order valence-corrected chi connectivity index (χ3v) is 14.6. The van der Waals surface area contributed by atoms with Crippen molar-refractivity contribution in [2.45, 2.75) is 0 Å². The van der Waals surface area contributed by atoms with Gasteiger partial charge in [0.1, 0.15) is 0 Å². The van der Waals surface area contributed by atoms with Crippen LogP contribution in [0.4, 0.5) is 5.69 Å². The average molecular weight is 624 g/mol. The van der Waals surface area contributed by atoms with Crippen LogP contribution in [0.2, 0.25) is 0 Å². The third kappa shape index (κ3) is 5.73. The minimum absolute atomic E-state index is 0.0602. The number of benzene rings is 6. The molecule has 4 nitrogen and oxygen atoms in total. The summed E-state index contributed by atoms with van der Waals surface area (Å²) in [6, 6.07) is 51.1. The summed E-state index contributed by atoms with van der Waals surface area (Å²) in [5.74, 6) is -0.0602. The SMILES string of the molecule is CNc1ccc2cc(-c3nc4ccc(C(=O)NCC[PH](c5ccccc5)(c5ccccc5)c5ccccc5)cc4s3)ccc2c1. The topological polar surface area (TPSA) is 54.0 Å². The zero-order chi connectivity index (χ0) is 30.6. The molecule has 6 aromatic carbocycles. The van der Waals surface area contributed by atoms with Crippen molar-refractivity contribution in [1.82, 2.24) is 10.3 Å². The second-order valence-electron chi connectivity index (χ2n) is 11.2. The van der Waals surface area contributed by atoms with Crippen LogP contribution < -0.4 is 26.5 Å². The molecule has 0 radical (unpaired) electrons. The number of carbonyl (C=O) groups excluding carboxylic acids is 1. The molecular weight excluding hydrogens is 589 g/mol. The summed E-state index contributed by atoms with van der Waals surface area (Å²) in [6.45, 7) is 0.571. The first kappa shape index (κ1) is 28.9. The van der Waals surface area contributed by atoms with E-state index in [9.17, 15) is 4.79 Å². The van der Waals surface area contributed by atoms with E-state index in [2.05, 4.69) is 138 Å². The van der Waals surface area contributed by atoms with Gasteiger partial charge in [0, 0.05) is 12.7 Å². The van der Waals surface area contributed by atoms with Crippen molar-refractivity contribution in [1.29, 1.82) is 0 Å². The maximum atomic E-state index is 13.5. The summed E-state index contributed by atoms with van der Waals surface area (Å²) in [6.07, 6.45) is 0.849. The van der Waals surface area contributed by atoms with E-state index in [1.165, 1.54) is 26.7 Å². The Morgan fingerprint density at radius 2 is 1.29 bits per heavy atom. The van der Waals surface area contributed by atoms with E-state index in [0.717, 1.165) is 32.6 Å². The molecule has 1 amide bonds. The molecule has 7 rings (SSSR count). The van der Waals surface area contributed by atoms with E-state index in [1.807, 2.05) is 25.2 Å². The fourth-order valence-electron chi connectivity index (χ4n) is 6.29. The van der Waals surface area contributed by atoms with Gasteiger partial charge >= 0.3 is 227 Å². The van der Waals surface area contributed by atoms with Crippen LogP contribution in [0.15, 0.2) is 146 Å². The summed E-state index contributed by atoms with van der Waals surface area (Å²) in [5.41, 5.74) is 3.73. The number of nitrogens with zero attached hydrogens (tertiary/aromatic N) is 1. The molecule has 6 heteroatoms. The minimum atomic E-state index is -2.42. The Labute approximate surface area is 268 Å². The predicted octanol–water partition coefficient (Wildman–Crippen LogP) is 7.61. The molecule has 45 heavy (non-hydrogen) atoms. The normalized spacial score (nSPS) is 11.8. The van der Waals surface area contributed by atoms with Gasteiger partial charge < -0.3 is 5.32 Å². The number of carbonyl (C=O) groups is 1. The second kappa shape index (κ2) is 12.6. The van der Waals surface area contributed by atoms with Crippen LogP contribution in [0.3, 0.4) is 0 Å². The zero-order valence-corrected chi connectivity index (χ0v) is 26.9. The third-order valence-electron chi connectivity index (χ3n) is 8.61. The van der Waals surface area contributed by atoms with Crippen molar-refractivity contribution >= 4 is 67.1 Å². The monoisotopic (exact) mass is 623 g/mol. The summed E-state index contributed by atoms with van der Waals surface area (Å²) in [4.78, 5) is 18.4. The Kier molecular flexibility index (Phi) is 8.13. The predicted molar refractivity (Wildman–Crippen MR) is 196 cm³/mol. The first-order valence-corrected chi connectivity index (χ1v) is 18.2. The molecule has 0 atom stereocenters. The van der Waals surface area contributed by atoms with Crippen molar-refractivity contribution in [3.63, 3.8) is 0 Å². The molecular formula is C39H34N3OPS. The standard InChI is InChI=1S/C39H34N3OPS/c1-40-32-21-19-28-25-31(18-17-29(28)26-32)39-42-36-22-20-30(27-37(36)45-39)38(43)41-23-24-44(33-11-5-2-6-12-33,34-13-7-3-8-14-34)35-15-9-4-10-16-35/h2-22,25-27,40,44H,23-24H2,1H3,(H,41,43). The quantitative estimate of drug-likeness (QED) is 0.163. The van der Waals surface area contributed by atoms with Crippen LogP contribution in [0, 0.1) is 0 Å². The number of amides is 1. The van der Waals surface area contributed by atoms with Gasteiger partial charge in [0.05, 0.1) is 0 Å². The Balaban J connectivity index is 1.14. The van der Waals surface area contributed by atoms with Crippen LogP contribution in [-0.2, 0) is 0 Å². The number of thiazole rings is 1. The van der Waals surface area contributed by atoms with Gasteiger partial charge in [-0.25, -0.2) is 0 Å². The number of nitrogens with one attached hydrogen (secondary N) is 2. The Bertz CT molecular complexity index is 2000. The number of aromatic nitrogens is 1. The van der Waals surface area contributed by atoms with Crippen LogP contribution in [0.25, 0.3) is 31.6 Å². The molecule has 222 valence electrons. The zero-order valence-electron chi connectivity index (χ0n) is 25.0. The molecule has 0 unspecified atom stereocenters. The van der Waals surface area contributed by atoms with E-state index in [-0.39, 0.29) is 5.91 Å². The molecule has 7 aromatic rings. The Morgan fingerprint density at radius 3 is 1.91 bits per heavy atom. The number of hydrogen-bond donors (Lipinski definition) is 2. The number of rotatable bonds is 9. The molecule has 2 N–H and O–H groups in total. The fourth-order valence-corrected chi connectivity index (χ4v) is 11.9. The van der Waals surface area contributed by atoms with Crippen LogP contribution in [-0.4, -0.2) is 30.6 Å². The van der Waals surface area contributed by atoms with E-state index >= 15 is 0 Å². The van der Waals surface area contributed by atoms with Gasteiger partial charge in [-0.05, 0) is 17.5 Å². The van der Waals surface area contributed by atoms with Crippen molar-refractivity contribution in [2.24, 2.45) is 0 Å². The number of hydrogen-bond acceptors (Lipinski definition) is 4. The molecule has 0 saturated heterocycles. The molecule has 0 fully saturated rings. The van der Waals surface area contributed by atoms with Crippen molar-refractivity contribution < 1.29 is 4.79 Å². The van der Waals surface area contributed by atoms with Crippen molar-refractivity contribution in [3.05, 3.63) is 151 Å². The first-order chi connectivity index (χ1) is 22.1. The van der Waals surface area contributed by atoms with Crippen molar-refractivity contribution in [2.75, 3.05) is 25.1 Å². The summed E-state index contributed by atoms with van der Waals surface area (Å²) < 4.78 is 1.00. The van der Waals surface area contributed by atoms with Gasteiger partial charge in [-0.1, -0.05) is 6.07 Å². The molecule has 1 heterocycles. The molecule has 0 saturated carbocycles. The summed E-state index contributed by atoms with van der Waals surface area (Å²) in [5, 5.41) is 13.8. The van der Waals surface area contributed by atoms with Crippen LogP contribution in [0.5, 0.6) is 0 Å². The molecule has 1 aromatic heterocycles. The smallest absolute Gasteiger partial charge is 0.0311 e. The van der Waals surface area contributed by atoms with Gasteiger partial charge in [0.25, 0.3) is 0 Å². The van der Waals surface area contributed by atoms with Crippen LogP contribution in [0.1, 0.15) is 10.4 Å². The molecule has 0 spiro atoms. The molecule has 0 aliphatic rings.